The van der Waals surface area contributed by atoms with Crippen molar-refractivity contribution in [1.82, 2.24) is 4.90 Å². The van der Waals surface area contributed by atoms with E-state index >= 15 is 0 Å². The topological polar surface area (TPSA) is 62.6 Å². The van der Waals surface area contributed by atoms with Crippen molar-refractivity contribution in [3.05, 3.63) is 52.2 Å². The van der Waals surface area contributed by atoms with Crippen LogP contribution in [0.4, 0.5) is 4.79 Å². The fourth-order valence-corrected chi connectivity index (χ4v) is 4.20. The number of rotatable bonds is 10. The lowest BCUT2D eigenvalue weighted by molar-refractivity contribution is 0.108. The molecular weight excluding hydrogens is 400 g/mol. The molecule has 0 fully saturated rings. The number of hydrogen-bond acceptors (Lipinski definition) is 5. The van der Waals surface area contributed by atoms with Gasteiger partial charge in [-0.05, 0) is 23.6 Å². The van der Waals surface area contributed by atoms with Crippen LogP contribution in [0.5, 0.6) is 5.75 Å². The van der Waals surface area contributed by atoms with Crippen molar-refractivity contribution in [2.24, 2.45) is 0 Å². The van der Waals surface area contributed by atoms with Gasteiger partial charge in [-0.25, -0.2) is 4.79 Å². The van der Waals surface area contributed by atoms with Crippen molar-refractivity contribution in [1.29, 1.82) is 5.26 Å². The van der Waals surface area contributed by atoms with E-state index in [4.69, 9.17) is 14.7 Å². The average Bonchev–Trinajstić information content (AvgIpc) is 3.20. The number of nitriles is 1. The van der Waals surface area contributed by atoms with Crippen molar-refractivity contribution < 1.29 is 14.3 Å². The highest BCUT2D eigenvalue weighted by atomic mass is 32.1. The van der Waals surface area contributed by atoms with Crippen molar-refractivity contribution in [2.45, 2.75) is 44.6 Å². The van der Waals surface area contributed by atoms with Gasteiger partial charge < -0.3 is 14.4 Å². The maximum atomic E-state index is 12.3. The molecule has 0 N–H and O–H groups in total. The third-order valence-electron chi connectivity index (χ3n) is 4.49. The molecule has 5 nitrogen and oxygen atoms in total. The third kappa shape index (κ3) is 7.92. The van der Waals surface area contributed by atoms with Crippen LogP contribution in [0.2, 0.25) is 25.7 Å². The zero-order chi connectivity index (χ0) is 21.3. The molecule has 2 aromatic rings. The summed E-state index contributed by atoms with van der Waals surface area (Å²) in [4.78, 5) is 15.0. The summed E-state index contributed by atoms with van der Waals surface area (Å²) in [5.74, 6) is 0.716. The molecular formula is C22H30N2O3SSi. The van der Waals surface area contributed by atoms with Crippen LogP contribution >= 0.6 is 11.3 Å². The Bertz CT molecular complexity index is 812. The third-order valence-corrected chi connectivity index (χ3v) is 7.16. The lowest BCUT2D eigenvalue weighted by Gasteiger charge is -2.23. The van der Waals surface area contributed by atoms with Gasteiger partial charge in [0.2, 0.25) is 0 Å². The standard InChI is InChI=1S/C22H30N2O3SSi/c1-24(22(25)26-15-17-29(2,3)4)14-12-20(21-10-7-16-28-21)27-19-9-6-5-8-18(19)11-13-23/h5-10,16,20H,11-12,14-15,17H2,1-4H3/t20-/m1/s1. The fourth-order valence-electron chi connectivity index (χ4n) is 2.69. The zero-order valence-corrected chi connectivity index (χ0v) is 19.5. The van der Waals surface area contributed by atoms with E-state index in [1.165, 1.54) is 0 Å². The van der Waals surface area contributed by atoms with Crippen LogP contribution in [0.3, 0.4) is 0 Å². The molecule has 0 aliphatic heterocycles. The number of carbonyl (C=O) groups excluding carboxylic acids is 1. The number of benzene rings is 1. The molecule has 0 aliphatic rings. The number of para-hydroxylation sites is 1. The van der Waals surface area contributed by atoms with Crippen LogP contribution < -0.4 is 4.74 Å². The predicted octanol–water partition coefficient (Wildman–Crippen LogP) is 5.73. The first-order valence-electron chi connectivity index (χ1n) is 9.83. The highest BCUT2D eigenvalue weighted by molar-refractivity contribution is 7.10. The summed E-state index contributed by atoms with van der Waals surface area (Å²) in [6.07, 6.45) is 0.461. The van der Waals surface area contributed by atoms with Crippen molar-refractivity contribution in [3.63, 3.8) is 0 Å². The molecule has 0 unspecified atom stereocenters. The van der Waals surface area contributed by atoms with Gasteiger partial charge in [0.25, 0.3) is 0 Å². The molecule has 1 heterocycles. The summed E-state index contributed by atoms with van der Waals surface area (Å²) >= 11 is 1.63. The van der Waals surface area contributed by atoms with Gasteiger partial charge in [0.15, 0.2) is 0 Å². The van der Waals surface area contributed by atoms with Crippen LogP contribution in [0, 0.1) is 11.3 Å². The van der Waals surface area contributed by atoms with Gasteiger partial charge in [0.1, 0.15) is 11.9 Å². The Labute approximate surface area is 178 Å². The Balaban J connectivity index is 1.98. The molecule has 0 saturated heterocycles. The number of thiophene rings is 1. The first-order valence-corrected chi connectivity index (χ1v) is 14.4. The van der Waals surface area contributed by atoms with Crippen LogP contribution in [-0.2, 0) is 11.2 Å². The maximum absolute atomic E-state index is 12.3. The summed E-state index contributed by atoms with van der Waals surface area (Å²) in [6.45, 7) is 7.78. The molecule has 0 spiro atoms. The highest BCUT2D eigenvalue weighted by Crippen LogP contribution is 2.30. The minimum absolute atomic E-state index is 0.188. The molecule has 156 valence electrons. The normalized spacial score (nSPS) is 12.1. The second kappa shape index (κ2) is 11.0. The fraction of sp³-hybridized carbons (Fsp3) is 0.455. The largest absolute Gasteiger partial charge is 0.485 e. The summed E-state index contributed by atoms with van der Waals surface area (Å²) < 4.78 is 11.7. The van der Waals surface area contributed by atoms with Crippen LogP contribution in [0.15, 0.2) is 41.8 Å². The molecule has 1 amide bonds. The Morgan fingerprint density at radius 2 is 2.00 bits per heavy atom. The second-order valence-corrected chi connectivity index (χ2v) is 14.8. The Morgan fingerprint density at radius 1 is 1.24 bits per heavy atom. The van der Waals surface area contributed by atoms with E-state index in [9.17, 15) is 4.79 Å². The minimum Gasteiger partial charge on any atom is -0.485 e. The summed E-state index contributed by atoms with van der Waals surface area (Å²) in [5, 5.41) is 11.1. The monoisotopic (exact) mass is 430 g/mol. The van der Waals surface area contributed by atoms with Gasteiger partial charge >= 0.3 is 6.09 Å². The Hall–Kier alpha value is -2.30. The van der Waals surface area contributed by atoms with E-state index in [-0.39, 0.29) is 12.2 Å². The number of hydrogen-bond donors (Lipinski definition) is 0. The van der Waals surface area contributed by atoms with E-state index in [1.54, 1.807) is 23.3 Å². The van der Waals surface area contributed by atoms with Gasteiger partial charge in [0.05, 0.1) is 19.1 Å². The summed E-state index contributed by atoms with van der Waals surface area (Å²) in [5.41, 5.74) is 0.871. The van der Waals surface area contributed by atoms with Gasteiger partial charge in [-0.15, -0.1) is 11.3 Å². The van der Waals surface area contributed by atoms with E-state index in [0.717, 1.165) is 16.5 Å². The van der Waals surface area contributed by atoms with Crippen LogP contribution in [0.1, 0.15) is 23.0 Å². The van der Waals surface area contributed by atoms with Crippen molar-refractivity contribution in [2.75, 3.05) is 20.2 Å². The molecule has 0 saturated carbocycles. The van der Waals surface area contributed by atoms with E-state index in [2.05, 4.69) is 25.7 Å². The first-order chi connectivity index (χ1) is 13.8. The molecule has 1 aromatic heterocycles. The Morgan fingerprint density at radius 3 is 2.66 bits per heavy atom. The van der Waals surface area contributed by atoms with Gasteiger partial charge in [-0.2, -0.15) is 5.26 Å². The molecule has 29 heavy (non-hydrogen) atoms. The van der Waals surface area contributed by atoms with Crippen molar-refractivity contribution in [3.8, 4) is 11.8 Å². The number of nitrogens with zero attached hydrogens (tertiary/aromatic N) is 2. The molecule has 0 bridgehead atoms. The maximum Gasteiger partial charge on any atom is 0.409 e. The predicted molar refractivity (Wildman–Crippen MR) is 120 cm³/mol. The molecule has 7 heteroatoms. The second-order valence-electron chi connectivity index (χ2n) is 8.20. The van der Waals surface area contributed by atoms with Gasteiger partial charge in [0, 0.05) is 38.5 Å². The first kappa shape index (κ1) is 23.0. The molecule has 0 radical (unpaired) electrons. The average molecular weight is 431 g/mol. The Kier molecular flexibility index (Phi) is 8.74. The van der Waals surface area contributed by atoms with E-state index in [0.29, 0.717) is 31.7 Å². The molecule has 0 aliphatic carbocycles. The van der Waals surface area contributed by atoms with E-state index < -0.39 is 8.07 Å². The number of ether oxygens (including phenoxy) is 2. The molecule has 1 aromatic carbocycles. The lowest BCUT2D eigenvalue weighted by atomic mass is 10.1. The highest BCUT2D eigenvalue weighted by Gasteiger charge is 2.20. The summed E-state index contributed by atoms with van der Waals surface area (Å²) in [7, 11) is 0.531. The zero-order valence-electron chi connectivity index (χ0n) is 17.7. The van der Waals surface area contributed by atoms with Gasteiger partial charge in [-0.1, -0.05) is 43.9 Å². The minimum atomic E-state index is -1.22. The quantitative estimate of drug-likeness (QED) is 0.452. The van der Waals surface area contributed by atoms with Gasteiger partial charge in [-0.3, -0.25) is 0 Å². The van der Waals surface area contributed by atoms with Crippen molar-refractivity contribution >= 4 is 25.5 Å². The SMILES string of the molecule is CN(CC[C@@H](Oc1ccccc1CC#N)c1cccs1)C(=O)OCC[Si](C)(C)C. The summed E-state index contributed by atoms with van der Waals surface area (Å²) in [6, 6.07) is 14.8. The smallest absolute Gasteiger partial charge is 0.409 e. The lowest BCUT2D eigenvalue weighted by Crippen LogP contribution is -2.31. The molecule has 2 rings (SSSR count). The van der Waals surface area contributed by atoms with Crippen LogP contribution in [0.25, 0.3) is 0 Å². The van der Waals surface area contributed by atoms with E-state index in [1.807, 2.05) is 41.8 Å². The molecule has 1 atom stereocenters. The van der Waals surface area contributed by atoms with Crippen LogP contribution in [-0.4, -0.2) is 39.3 Å². The number of amides is 1. The number of carbonyl (C=O) groups is 1.